The maximum absolute atomic E-state index is 13.3. The summed E-state index contributed by atoms with van der Waals surface area (Å²) in [7, 11) is 0. The van der Waals surface area contributed by atoms with E-state index >= 15 is 0 Å². The maximum atomic E-state index is 13.3. The van der Waals surface area contributed by atoms with Crippen LogP contribution >= 0.6 is 0 Å². The Morgan fingerprint density at radius 3 is 2.47 bits per heavy atom. The average Bonchev–Trinajstić information content (AvgIpc) is 3.70. The van der Waals surface area contributed by atoms with Crippen LogP contribution in [-0.2, 0) is 11.3 Å². The molecule has 0 radical (unpaired) electrons. The zero-order valence-electron chi connectivity index (χ0n) is 21.0. The van der Waals surface area contributed by atoms with E-state index in [1.54, 1.807) is 12.1 Å². The van der Waals surface area contributed by atoms with Crippen molar-refractivity contribution in [3.63, 3.8) is 0 Å². The molecule has 2 aromatic heterocycles. The lowest BCUT2D eigenvalue weighted by Crippen LogP contribution is -2.35. The molecule has 2 amide bonds. The number of aliphatic hydroxyl groups is 1. The Morgan fingerprint density at radius 1 is 0.947 bits per heavy atom. The van der Waals surface area contributed by atoms with Crippen LogP contribution in [0.5, 0.6) is 0 Å². The van der Waals surface area contributed by atoms with Gasteiger partial charge >= 0.3 is 0 Å². The number of H-pyrrole nitrogens is 1. The van der Waals surface area contributed by atoms with E-state index in [1.807, 2.05) is 42.7 Å². The number of aromatic nitrogens is 3. The SMILES string of the molecule is O=C(Nc1ccccc1NC(=O)C1CC1)c1n[nH]c2ccc(-c3cncc(CN4CCC(O)CC4)c3)cc12. The molecule has 2 aromatic carbocycles. The summed E-state index contributed by atoms with van der Waals surface area (Å²) in [5.41, 5.74) is 5.14. The van der Waals surface area contributed by atoms with Gasteiger partial charge in [0, 0.05) is 48.9 Å². The molecule has 0 atom stereocenters. The second-order valence-electron chi connectivity index (χ2n) is 10.2. The highest BCUT2D eigenvalue weighted by molar-refractivity contribution is 6.13. The van der Waals surface area contributed by atoms with Gasteiger partial charge in [-0.15, -0.1) is 0 Å². The summed E-state index contributed by atoms with van der Waals surface area (Å²) >= 11 is 0. The number of benzene rings is 2. The summed E-state index contributed by atoms with van der Waals surface area (Å²) in [6, 6.07) is 15.2. The van der Waals surface area contributed by atoms with Gasteiger partial charge in [-0.1, -0.05) is 18.2 Å². The number of amides is 2. The Kier molecular flexibility index (Phi) is 6.61. The fourth-order valence-electron chi connectivity index (χ4n) is 4.90. The number of piperidine rings is 1. The van der Waals surface area contributed by atoms with Gasteiger partial charge in [0.15, 0.2) is 5.69 Å². The summed E-state index contributed by atoms with van der Waals surface area (Å²) in [6.07, 6.45) is 6.91. The van der Waals surface area contributed by atoms with Crippen molar-refractivity contribution >= 4 is 34.1 Å². The van der Waals surface area contributed by atoms with Crippen LogP contribution in [0, 0.1) is 5.92 Å². The third kappa shape index (κ3) is 5.29. The van der Waals surface area contributed by atoms with Gasteiger partial charge in [0.2, 0.25) is 5.91 Å². The number of nitrogens with zero attached hydrogens (tertiary/aromatic N) is 3. The van der Waals surface area contributed by atoms with Crippen LogP contribution in [0.1, 0.15) is 41.7 Å². The highest BCUT2D eigenvalue weighted by Gasteiger charge is 2.30. The van der Waals surface area contributed by atoms with Crippen LogP contribution in [0.3, 0.4) is 0 Å². The molecule has 3 heterocycles. The van der Waals surface area contributed by atoms with Crippen molar-refractivity contribution in [1.82, 2.24) is 20.1 Å². The summed E-state index contributed by atoms with van der Waals surface area (Å²) < 4.78 is 0. The normalized spacial score (nSPS) is 16.4. The van der Waals surface area contributed by atoms with Crippen molar-refractivity contribution in [3.05, 3.63) is 72.2 Å². The number of pyridine rings is 1. The number of aliphatic hydroxyl groups excluding tert-OH is 1. The molecule has 2 fully saturated rings. The third-order valence-electron chi connectivity index (χ3n) is 7.25. The van der Waals surface area contributed by atoms with Crippen LogP contribution in [0.25, 0.3) is 22.0 Å². The van der Waals surface area contributed by atoms with Gasteiger partial charge in [-0.2, -0.15) is 5.10 Å². The van der Waals surface area contributed by atoms with E-state index in [0.29, 0.717) is 16.8 Å². The van der Waals surface area contributed by atoms with Crippen molar-refractivity contribution in [2.75, 3.05) is 23.7 Å². The van der Waals surface area contributed by atoms with Gasteiger partial charge in [0.25, 0.3) is 5.91 Å². The molecule has 1 aliphatic heterocycles. The average molecular weight is 511 g/mol. The van der Waals surface area contributed by atoms with Gasteiger partial charge in [0.1, 0.15) is 0 Å². The van der Waals surface area contributed by atoms with Gasteiger partial charge in [-0.25, -0.2) is 0 Å². The zero-order valence-corrected chi connectivity index (χ0v) is 21.0. The Hall–Kier alpha value is -4.08. The largest absolute Gasteiger partial charge is 0.393 e. The monoisotopic (exact) mass is 510 g/mol. The zero-order chi connectivity index (χ0) is 26.1. The van der Waals surface area contributed by atoms with Crippen molar-refractivity contribution in [2.24, 2.45) is 5.92 Å². The van der Waals surface area contributed by atoms with Crippen molar-refractivity contribution in [2.45, 2.75) is 38.3 Å². The van der Waals surface area contributed by atoms with E-state index in [9.17, 15) is 14.7 Å². The molecule has 2 aliphatic rings. The molecular formula is C29H30N6O3. The number of hydrogen-bond donors (Lipinski definition) is 4. The number of carbonyl (C=O) groups excluding carboxylic acids is 2. The molecule has 0 spiro atoms. The number of anilines is 2. The Bertz CT molecular complexity index is 1490. The molecule has 6 rings (SSSR count). The summed E-state index contributed by atoms with van der Waals surface area (Å²) in [6.45, 7) is 2.53. The number of fused-ring (bicyclic) bond motifs is 1. The van der Waals surface area contributed by atoms with Crippen molar-refractivity contribution < 1.29 is 14.7 Å². The second-order valence-corrected chi connectivity index (χ2v) is 10.2. The molecule has 4 N–H and O–H groups in total. The van der Waals surface area contributed by atoms with E-state index in [1.165, 1.54) is 0 Å². The van der Waals surface area contributed by atoms with Crippen LogP contribution in [-0.4, -0.2) is 56.2 Å². The lowest BCUT2D eigenvalue weighted by atomic mass is 10.0. The molecule has 194 valence electrons. The number of carbonyl (C=O) groups is 2. The number of hydrogen-bond acceptors (Lipinski definition) is 6. The predicted molar refractivity (Wildman–Crippen MR) is 146 cm³/mol. The quantitative estimate of drug-likeness (QED) is 0.296. The molecule has 9 heteroatoms. The van der Waals surface area contributed by atoms with Crippen LogP contribution in [0.4, 0.5) is 11.4 Å². The van der Waals surface area contributed by atoms with Crippen LogP contribution < -0.4 is 10.6 Å². The molecular weight excluding hydrogens is 480 g/mol. The molecule has 9 nitrogen and oxygen atoms in total. The standard InChI is InChI=1S/C29H30N6O3/c36-22-9-11-35(12-10-22)17-18-13-21(16-30-15-18)20-7-8-24-23(14-20)27(34-33-24)29(38)32-26-4-2-1-3-25(26)31-28(37)19-5-6-19/h1-4,7-8,13-16,19,22,36H,5-6,9-12,17H2,(H,31,37)(H,32,38)(H,33,34). The number of para-hydroxylation sites is 2. The molecule has 38 heavy (non-hydrogen) atoms. The second kappa shape index (κ2) is 10.4. The van der Waals surface area contributed by atoms with Crippen LogP contribution in [0.15, 0.2) is 60.9 Å². The van der Waals surface area contributed by atoms with Crippen LogP contribution in [0.2, 0.25) is 0 Å². The first-order chi connectivity index (χ1) is 18.5. The smallest absolute Gasteiger partial charge is 0.276 e. The maximum Gasteiger partial charge on any atom is 0.276 e. The first-order valence-corrected chi connectivity index (χ1v) is 13.1. The molecule has 0 unspecified atom stereocenters. The van der Waals surface area contributed by atoms with Crippen molar-refractivity contribution in [3.8, 4) is 11.1 Å². The minimum Gasteiger partial charge on any atom is -0.393 e. The van der Waals surface area contributed by atoms with Gasteiger partial charge in [-0.05, 0) is 67.1 Å². The Labute approximate surface area is 220 Å². The van der Waals surface area contributed by atoms with E-state index in [0.717, 1.165) is 67.5 Å². The topological polar surface area (TPSA) is 123 Å². The van der Waals surface area contributed by atoms with E-state index in [4.69, 9.17) is 0 Å². The number of aromatic amines is 1. The third-order valence-corrected chi connectivity index (χ3v) is 7.25. The minimum absolute atomic E-state index is 0.0183. The lowest BCUT2D eigenvalue weighted by Gasteiger charge is -2.29. The molecule has 0 bridgehead atoms. The predicted octanol–water partition coefficient (Wildman–Crippen LogP) is 4.18. The Morgan fingerprint density at radius 2 is 1.71 bits per heavy atom. The minimum atomic E-state index is -0.360. The molecule has 1 saturated carbocycles. The van der Waals surface area contributed by atoms with Gasteiger partial charge in [0.05, 0.1) is 23.0 Å². The first-order valence-electron chi connectivity index (χ1n) is 13.1. The van der Waals surface area contributed by atoms with Crippen molar-refractivity contribution in [1.29, 1.82) is 0 Å². The summed E-state index contributed by atoms with van der Waals surface area (Å²) in [5, 5.41) is 23.6. The lowest BCUT2D eigenvalue weighted by molar-refractivity contribution is -0.117. The van der Waals surface area contributed by atoms with E-state index in [2.05, 4.69) is 36.8 Å². The molecule has 4 aromatic rings. The molecule has 1 aliphatic carbocycles. The van der Waals surface area contributed by atoms with Gasteiger partial charge in [-0.3, -0.25) is 24.6 Å². The summed E-state index contributed by atoms with van der Waals surface area (Å²) in [4.78, 5) is 32.3. The van der Waals surface area contributed by atoms with Gasteiger partial charge < -0.3 is 15.7 Å². The molecule has 1 saturated heterocycles. The highest BCUT2D eigenvalue weighted by atomic mass is 16.3. The number of likely N-dealkylation sites (tertiary alicyclic amines) is 1. The summed E-state index contributed by atoms with van der Waals surface area (Å²) in [5.74, 6) is -0.316. The highest BCUT2D eigenvalue weighted by Crippen LogP contribution is 2.32. The number of nitrogens with one attached hydrogen (secondary N) is 3. The van der Waals surface area contributed by atoms with E-state index < -0.39 is 0 Å². The fraction of sp³-hybridized carbons (Fsp3) is 0.310. The fourth-order valence-corrected chi connectivity index (χ4v) is 4.90. The number of rotatable bonds is 7. The Balaban J connectivity index is 1.22. The first kappa shape index (κ1) is 24.3. The van der Waals surface area contributed by atoms with E-state index in [-0.39, 0.29) is 29.5 Å².